The van der Waals surface area contributed by atoms with Crippen molar-refractivity contribution in [2.75, 3.05) is 34.5 Å². The first-order valence-corrected chi connectivity index (χ1v) is 8.39. The molecule has 0 aliphatic carbocycles. The molecule has 0 amide bonds. The highest BCUT2D eigenvalue weighted by molar-refractivity contribution is 5.57. The summed E-state index contributed by atoms with van der Waals surface area (Å²) in [5, 5.41) is 0. The third-order valence-electron chi connectivity index (χ3n) is 4.15. The van der Waals surface area contributed by atoms with Crippen LogP contribution in [-0.4, -0.2) is 34.5 Å². The fourth-order valence-electron chi connectivity index (χ4n) is 2.98. The maximum atomic E-state index is 6.08. The molecule has 136 valence electrons. The summed E-state index contributed by atoms with van der Waals surface area (Å²) < 4.78 is 22.0. The van der Waals surface area contributed by atoms with Gasteiger partial charge in [0, 0.05) is 11.5 Å². The van der Waals surface area contributed by atoms with Gasteiger partial charge in [0.2, 0.25) is 5.75 Å². The molecular weight excluding hydrogens is 318 g/mol. The van der Waals surface area contributed by atoms with E-state index in [1.807, 2.05) is 31.2 Å². The lowest BCUT2D eigenvalue weighted by Crippen LogP contribution is -2.16. The highest BCUT2D eigenvalue weighted by atomic mass is 16.5. The SMILES string of the molecule is CCOc1cccc(CC(CN)c2ccc(OC)c(OC)c2OC)c1. The predicted molar refractivity (Wildman–Crippen MR) is 99.2 cm³/mol. The minimum Gasteiger partial charge on any atom is -0.494 e. The highest BCUT2D eigenvalue weighted by Gasteiger charge is 2.22. The van der Waals surface area contributed by atoms with Crippen molar-refractivity contribution in [2.24, 2.45) is 5.73 Å². The number of methoxy groups -OCH3 is 3. The molecule has 1 unspecified atom stereocenters. The van der Waals surface area contributed by atoms with Crippen molar-refractivity contribution in [3.63, 3.8) is 0 Å². The lowest BCUT2D eigenvalue weighted by atomic mass is 9.91. The number of hydrogen-bond acceptors (Lipinski definition) is 5. The van der Waals surface area contributed by atoms with Gasteiger partial charge in [-0.1, -0.05) is 18.2 Å². The van der Waals surface area contributed by atoms with E-state index in [4.69, 9.17) is 24.7 Å². The minimum absolute atomic E-state index is 0.0895. The van der Waals surface area contributed by atoms with Gasteiger partial charge >= 0.3 is 0 Å². The Kier molecular flexibility index (Phi) is 6.95. The first-order valence-electron chi connectivity index (χ1n) is 8.39. The zero-order valence-corrected chi connectivity index (χ0v) is 15.4. The number of nitrogens with two attached hydrogens (primary N) is 1. The van der Waals surface area contributed by atoms with Gasteiger partial charge in [0.1, 0.15) is 5.75 Å². The molecule has 0 radical (unpaired) electrons. The fraction of sp³-hybridized carbons (Fsp3) is 0.400. The fourth-order valence-corrected chi connectivity index (χ4v) is 2.98. The van der Waals surface area contributed by atoms with E-state index in [2.05, 4.69) is 12.1 Å². The average molecular weight is 345 g/mol. The van der Waals surface area contributed by atoms with E-state index in [-0.39, 0.29) is 5.92 Å². The van der Waals surface area contributed by atoms with E-state index in [0.717, 1.165) is 17.7 Å². The summed E-state index contributed by atoms with van der Waals surface area (Å²) in [7, 11) is 4.84. The summed E-state index contributed by atoms with van der Waals surface area (Å²) >= 11 is 0. The Morgan fingerprint density at radius 1 is 0.960 bits per heavy atom. The Balaban J connectivity index is 2.36. The largest absolute Gasteiger partial charge is 0.494 e. The van der Waals surface area contributed by atoms with Crippen LogP contribution in [0.15, 0.2) is 36.4 Å². The van der Waals surface area contributed by atoms with Crippen LogP contribution in [-0.2, 0) is 6.42 Å². The Bertz CT molecular complexity index is 687. The van der Waals surface area contributed by atoms with Crippen LogP contribution in [0.5, 0.6) is 23.0 Å². The van der Waals surface area contributed by atoms with E-state index in [1.165, 1.54) is 5.56 Å². The normalized spacial score (nSPS) is 11.7. The van der Waals surface area contributed by atoms with Crippen molar-refractivity contribution in [3.05, 3.63) is 47.5 Å². The van der Waals surface area contributed by atoms with Gasteiger partial charge in [0.15, 0.2) is 11.5 Å². The van der Waals surface area contributed by atoms with Crippen molar-refractivity contribution in [2.45, 2.75) is 19.3 Å². The van der Waals surface area contributed by atoms with Gasteiger partial charge in [0.05, 0.1) is 27.9 Å². The molecule has 0 aliphatic rings. The molecular formula is C20H27NO4. The second-order valence-electron chi connectivity index (χ2n) is 5.64. The monoisotopic (exact) mass is 345 g/mol. The average Bonchev–Trinajstić information content (AvgIpc) is 2.65. The second-order valence-corrected chi connectivity index (χ2v) is 5.64. The molecule has 1 atom stereocenters. The summed E-state index contributed by atoms with van der Waals surface area (Å²) in [4.78, 5) is 0. The number of rotatable bonds is 9. The molecule has 0 aromatic heterocycles. The van der Waals surface area contributed by atoms with E-state index in [0.29, 0.717) is 30.4 Å². The Morgan fingerprint density at radius 3 is 2.32 bits per heavy atom. The Hall–Kier alpha value is -2.40. The van der Waals surface area contributed by atoms with Crippen molar-refractivity contribution >= 4 is 0 Å². The third-order valence-corrected chi connectivity index (χ3v) is 4.15. The van der Waals surface area contributed by atoms with E-state index in [9.17, 15) is 0 Å². The molecule has 0 spiro atoms. The van der Waals surface area contributed by atoms with Gasteiger partial charge in [0.25, 0.3) is 0 Å². The molecule has 2 rings (SSSR count). The van der Waals surface area contributed by atoms with E-state index in [1.54, 1.807) is 21.3 Å². The van der Waals surface area contributed by atoms with Crippen LogP contribution in [0.1, 0.15) is 24.0 Å². The van der Waals surface area contributed by atoms with Gasteiger partial charge in [-0.25, -0.2) is 0 Å². The molecule has 0 bridgehead atoms. The van der Waals surface area contributed by atoms with Crippen LogP contribution in [0, 0.1) is 0 Å². The van der Waals surface area contributed by atoms with Crippen LogP contribution in [0.2, 0.25) is 0 Å². The molecule has 0 fully saturated rings. The van der Waals surface area contributed by atoms with E-state index < -0.39 is 0 Å². The zero-order valence-electron chi connectivity index (χ0n) is 15.4. The van der Waals surface area contributed by atoms with E-state index >= 15 is 0 Å². The molecule has 0 saturated carbocycles. The summed E-state index contributed by atoms with van der Waals surface area (Å²) in [5.74, 6) is 2.85. The van der Waals surface area contributed by atoms with Gasteiger partial charge < -0.3 is 24.7 Å². The second kappa shape index (κ2) is 9.18. The van der Waals surface area contributed by atoms with Crippen molar-refractivity contribution in [1.29, 1.82) is 0 Å². The number of hydrogen-bond donors (Lipinski definition) is 1. The summed E-state index contributed by atoms with van der Waals surface area (Å²) in [6.45, 7) is 3.11. The highest BCUT2D eigenvalue weighted by Crippen LogP contribution is 2.43. The number of ether oxygens (including phenoxy) is 4. The standard InChI is InChI=1S/C20H27NO4/c1-5-25-16-8-6-7-14(12-16)11-15(13-21)17-9-10-18(22-2)20(24-4)19(17)23-3/h6-10,12,15H,5,11,13,21H2,1-4H3. The molecule has 2 aromatic rings. The van der Waals surface area contributed by atoms with Gasteiger partial charge in [-0.05, 0) is 43.7 Å². The number of benzene rings is 2. The molecule has 0 saturated heterocycles. The molecule has 0 aliphatic heterocycles. The van der Waals surface area contributed by atoms with Crippen LogP contribution in [0.4, 0.5) is 0 Å². The first-order chi connectivity index (χ1) is 12.2. The van der Waals surface area contributed by atoms with Crippen LogP contribution in [0.3, 0.4) is 0 Å². The quantitative estimate of drug-likeness (QED) is 0.755. The molecule has 5 nitrogen and oxygen atoms in total. The topological polar surface area (TPSA) is 62.9 Å². The zero-order chi connectivity index (χ0) is 18.2. The van der Waals surface area contributed by atoms with Crippen LogP contribution in [0.25, 0.3) is 0 Å². The molecule has 25 heavy (non-hydrogen) atoms. The van der Waals surface area contributed by atoms with Gasteiger partial charge in [-0.3, -0.25) is 0 Å². The summed E-state index contributed by atoms with van der Waals surface area (Å²) in [6, 6.07) is 12.0. The smallest absolute Gasteiger partial charge is 0.203 e. The maximum Gasteiger partial charge on any atom is 0.203 e. The summed E-state index contributed by atoms with van der Waals surface area (Å²) in [5.41, 5.74) is 8.25. The molecule has 2 N–H and O–H groups in total. The van der Waals surface area contributed by atoms with Crippen LogP contribution >= 0.6 is 0 Å². The molecule has 0 heterocycles. The van der Waals surface area contributed by atoms with Gasteiger partial charge in [-0.15, -0.1) is 0 Å². The van der Waals surface area contributed by atoms with Gasteiger partial charge in [-0.2, -0.15) is 0 Å². The maximum absolute atomic E-state index is 6.08. The Labute approximate surface area is 149 Å². The van der Waals surface area contributed by atoms with Crippen LogP contribution < -0.4 is 24.7 Å². The van der Waals surface area contributed by atoms with Crippen molar-refractivity contribution in [1.82, 2.24) is 0 Å². The first kappa shape index (κ1) is 18.9. The molecule has 2 aromatic carbocycles. The lowest BCUT2D eigenvalue weighted by Gasteiger charge is -2.21. The lowest BCUT2D eigenvalue weighted by molar-refractivity contribution is 0.320. The Morgan fingerprint density at radius 2 is 1.72 bits per heavy atom. The summed E-state index contributed by atoms with van der Waals surface area (Å²) in [6.07, 6.45) is 0.781. The third kappa shape index (κ3) is 4.37. The molecule has 5 heteroatoms. The van der Waals surface area contributed by atoms with Crippen molar-refractivity contribution in [3.8, 4) is 23.0 Å². The van der Waals surface area contributed by atoms with Crippen molar-refractivity contribution < 1.29 is 18.9 Å². The predicted octanol–water partition coefficient (Wildman–Crippen LogP) is 3.40. The minimum atomic E-state index is 0.0895.